The molecule has 9 nitrogen and oxygen atoms in total. The molecular formula is C26H40N4O5. The minimum absolute atomic E-state index is 0.0255. The maximum Gasteiger partial charge on any atom is 0.408 e. The lowest BCUT2D eigenvalue weighted by molar-refractivity contribution is -0.141. The molecule has 35 heavy (non-hydrogen) atoms. The number of nitrogens with zero attached hydrogens (tertiary/aromatic N) is 1. The van der Waals surface area contributed by atoms with E-state index in [9.17, 15) is 19.2 Å². The first kappa shape index (κ1) is 25.5. The molecule has 4 aliphatic rings. The van der Waals surface area contributed by atoms with Gasteiger partial charge in [-0.25, -0.2) is 4.79 Å². The molecule has 0 aromatic carbocycles. The van der Waals surface area contributed by atoms with Crippen LogP contribution in [0.4, 0.5) is 4.79 Å². The number of ether oxygens (including phenoxy) is 1. The highest BCUT2D eigenvalue weighted by atomic mass is 16.6. The van der Waals surface area contributed by atoms with Crippen LogP contribution in [0.3, 0.4) is 0 Å². The molecule has 2 heterocycles. The molecule has 3 fully saturated rings. The molecule has 3 N–H and O–H groups in total. The van der Waals surface area contributed by atoms with E-state index in [0.29, 0.717) is 32.2 Å². The number of alkyl carbamates (subject to hydrolysis) is 1. The van der Waals surface area contributed by atoms with Crippen LogP contribution >= 0.6 is 0 Å². The summed E-state index contributed by atoms with van der Waals surface area (Å²) in [4.78, 5) is 54.1. The van der Waals surface area contributed by atoms with E-state index < -0.39 is 29.3 Å². The summed E-state index contributed by atoms with van der Waals surface area (Å²) >= 11 is 0. The van der Waals surface area contributed by atoms with Crippen LogP contribution in [0.2, 0.25) is 0 Å². The summed E-state index contributed by atoms with van der Waals surface area (Å²) in [5.41, 5.74) is -1.60. The van der Waals surface area contributed by atoms with Crippen molar-refractivity contribution >= 4 is 23.8 Å². The molecule has 0 bridgehead atoms. The summed E-state index contributed by atoms with van der Waals surface area (Å²) in [6, 6.07) is -1.19. The Morgan fingerprint density at radius 2 is 1.83 bits per heavy atom. The Kier molecular flexibility index (Phi) is 7.43. The quantitative estimate of drug-likeness (QED) is 0.528. The second-order valence-electron chi connectivity index (χ2n) is 11.5. The van der Waals surface area contributed by atoms with Crippen molar-refractivity contribution in [2.75, 3.05) is 6.54 Å². The van der Waals surface area contributed by atoms with Crippen LogP contribution in [0, 0.1) is 5.92 Å². The highest BCUT2D eigenvalue weighted by Crippen LogP contribution is 2.46. The Morgan fingerprint density at radius 3 is 2.54 bits per heavy atom. The Balaban J connectivity index is 1.52. The average Bonchev–Trinajstić information content (AvgIpc) is 3.66. The molecule has 4 rings (SSSR count). The molecule has 4 amide bonds. The fourth-order valence-corrected chi connectivity index (χ4v) is 5.09. The van der Waals surface area contributed by atoms with Crippen molar-refractivity contribution in [1.29, 1.82) is 0 Å². The normalized spacial score (nSPS) is 32.8. The summed E-state index contributed by atoms with van der Waals surface area (Å²) in [5.74, 6) is -0.691. The molecule has 1 saturated heterocycles. The second kappa shape index (κ2) is 10.2. The summed E-state index contributed by atoms with van der Waals surface area (Å²) in [5, 5.41) is 8.85. The van der Waals surface area contributed by atoms with Crippen LogP contribution in [0.15, 0.2) is 12.2 Å². The number of amides is 4. The Labute approximate surface area is 207 Å². The highest BCUT2D eigenvalue weighted by Gasteiger charge is 2.61. The molecular weight excluding hydrogens is 448 g/mol. The van der Waals surface area contributed by atoms with Gasteiger partial charge in [-0.2, -0.15) is 0 Å². The largest absolute Gasteiger partial charge is 0.444 e. The van der Waals surface area contributed by atoms with E-state index in [2.05, 4.69) is 28.1 Å². The van der Waals surface area contributed by atoms with E-state index in [1.165, 1.54) is 0 Å². The highest BCUT2D eigenvalue weighted by molar-refractivity contribution is 5.98. The van der Waals surface area contributed by atoms with Gasteiger partial charge >= 0.3 is 6.09 Å². The van der Waals surface area contributed by atoms with Crippen molar-refractivity contribution in [3.05, 3.63) is 12.2 Å². The number of carbonyl (C=O) groups excluding carboxylic acids is 4. The third kappa shape index (κ3) is 6.35. The van der Waals surface area contributed by atoms with Crippen LogP contribution in [-0.2, 0) is 19.1 Å². The van der Waals surface area contributed by atoms with Crippen molar-refractivity contribution in [1.82, 2.24) is 20.9 Å². The predicted octanol–water partition coefficient (Wildman–Crippen LogP) is 2.54. The molecule has 194 valence electrons. The lowest BCUT2D eigenvalue weighted by atomic mass is 10.0. The molecule has 0 aromatic heterocycles. The van der Waals surface area contributed by atoms with Gasteiger partial charge in [0.25, 0.3) is 0 Å². The van der Waals surface area contributed by atoms with Gasteiger partial charge in [0.1, 0.15) is 23.2 Å². The minimum Gasteiger partial charge on any atom is -0.444 e. The van der Waals surface area contributed by atoms with E-state index in [1.807, 2.05) is 0 Å². The standard InChI is InChI=1S/C26H40N4O5/c1-25(2,3)35-24(34)28-19-11-8-6-4-5-7-10-17-16-26(17,23(33)27-18-13-14-18)29-21(31)20-12-9-15-30(20)22(19)32/h7,10,17-20H,4-6,8-9,11-16H2,1-3H3,(H,27,33)(H,28,34)(H,29,31)/b10-7-/t17-,19+,20+,26-/m1/s1. The second-order valence-corrected chi connectivity index (χ2v) is 11.5. The lowest BCUT2D eigenvalue weighted by Crippen LogP contribution is -2.58. The van der Waals surface area contributed by atoms with Crippen molar-refractivity contribution in [2.45, 2.75) is 114 Å². The van der Waals surface area contributed by atoms with Gasteiger partial charge < -0.3 is 25.6 Å². The number of allylic oxidation sites excluding steroid dienone is 1. The SMILES string of the molecule is CC(C)(C)OC(=O)N[C@H]1CCCCC/C=C\[C@@H]2C[C@@]2(C(=O)NC2CC2)NC(=O)[C@@H]2CCCN2C1=O. The zero-order chi connectivity index (χ0) is 25.2. The maximum absolute atomic E-state index is 13.6. The van der Waals surface area contributed by atoms with Gasteiger partial charge in [0.05, 0.1) is 0 Å². The van der Waals surface area contributed by atoms with Gasteiger partial charge in [-0.1, -0.05) is 25.0 Å². The predicted molar refractivity (Wildman–Crippen MR) is 130 cm³/mol. The van der Waals surface area contributed by atoms with Gasteiger partial charge in [0, 0.05) is 18.5 Å². The Bertz CT molecular complexity index is 877. The molecule has 2 saturated carbocycles. The van der Waals surface area contributed by atoms with Gasteiger partial charge in [-0.05, 0) is 72.1 Å². The molecule has 4 atom stereocenters. The molecule has 0 spiro atoms. The van der Waals surface area contributed by atoms with Crippen molar-refractivity contribution in [2.24, 2.45) is 5.92 Å². The van der Waals surface area contributed by atoms with E-state index in [-0.39, 0.29) is 29.7 Å². The zero-order valence-corrected chi connectivity index (χ0v) is 21.2. The third-order valence-corrected chi connectivity index (χ3v) is 7.24. The van der Waals surface area contributed by atoms with Gasteiger partial charge in [0.2, 0.25) is 17.7 Å². The van der Waals surface area contributed by atoms with Crippen LogP contribution in [-0.4, -0.2) is 64.5 Å². The number of hydrogen-bond acceptors (Lipinski definition) is 5. The molecule has 2 aliphatic heterocycles. The summed E-state index contributed by atoms with van der Waals surface area (Å²) in [6.07, 6.45) is 11.3. The molecule has 0 unspecified atom stereocenters. The average molecular weight is 489 g/mol. The minimum atomic E-state index is -0.929. The van der Waals surface area contributed by atoms with Crippen LogP contribution in [0.5, 0.6) is 0 Å². The summed E-state index contributed by atoms with van der Waals surface area (Å²) in [7, 11) is 0. The first-order chi connectivity index (χ1) is 16.6. The third-order valence-electron chi connectivity index (χ3n) is 7.24. The van der Waals surface area contributed by atoms with Gasteiger partial charge in [-0.15, -0.1) is 0 Å². The lowest BCUT2D eigenvalue weighted by Gasteiger charge is -2.30. The van der Waals surface area contributed by atoms with Crippen LogP contribution < -0.4 is 16.0 Å². The molecule has 0 radical (unpaired) electrons. The van der Waals surface area contributed by atoms with E-state index in [1.54, 1.807) is 25.7 Å². The number of nitrogens with one attached hydrogen (secondary N) is 3. The molecule has 0 aromatic rings. The Morgan fingerprint density at radius 1 is 1.06 bits per heavy atom. The topological polar surface area (TPSA) is 117 Å². The maximum atomic E-state index is 13.6. The number of rotatable bonds is 3. The van der Waals surface area contributed by atoms with Crippen molar-refractivity contribution < 1.29 is 23.9 Å². The van der Waals surface area contributed by atoms with Gasteiger partial charge in [-0.3, -0.25) is 14.4 Å². The molecule has 2 aliphatic carbocycles. The monoisotopic (exact) mass is 488 g/mol. The molecule has 9 heteroatoms. The van der Waals surface area contributed by atoms with Crippen LogP contribution in [0.1, 0.15) is 85.0 Å². The van der Waals surface area contributed by atoms with Crippen molar-refractivity contribution in [3.63, 3.8) is 0 Å². The summed E-state index contributed by atoms with van der Waals surface area (Å²) in [6.45, 7) is 5.78. The Hall–Kier alpha value is -2.58. The van der Waals surface area contributed by atoms with Gasteiger partial charge in [0.15, 0.2) is 0 Å². The first-order valence-electron chi connectivity index (χ1n) is 13.2. The van der Waals surface area contributed by atoms with E-state index >= 15 is 0 Å². The number of carbonyl (C=O) groups is 4. The van der Waals surface area contributed by atoms with Crippen LogP contribution in [0.25, 0.3) is 0 Å². The fraction of sp³-hybridized carbons (Fsp3) is 0.769. The number of hydrogen-bond donors (Lipinski definition) is 3. The summed E-state index contributed by atoms with van der Waals surface area (Å²) < 4.78 is 5.39. The van der Waals surface area contributed by atoms with E-state index in [4.69, 9.17) is 4.74 Å². The number of fused-ring (bicyclic) bond motifs is 2. The van der Waals surface area contributed by atoms with E-state index in [0.717, 1.165) is 38.5 Å². The fourth-order valence-electron chi connectivity index (χ4n) is 5.09. The zero-order valence-electron chi connectivity index (χ0n) is 21.2. The van der Waals surface area contributed by atoms with Crippen molar-refractivity contribution in [3.8, 4) is 0 Å². The first-order valence-corrected chi connectivity index (χ1v) is 13.2. The smallest absolute Gasteiger partial charge is 0.408 e.